The highest BCUT2D eigenvalue weighted by atomic mass is 19.1. The molecule has 1 aromatic rings. The monoisotopic (exact) mass is 241 g/mol. The molecule has 0 aliphatic heterocycles. The van der Waals surface area contributed by atoms with Crippen molar-refractivity contribution in [1.82, 2.24) is 5.32 Å². The van der Waals surface area contributed by atoms with Gasteiger partial charge in [-0.05, 0) is 31.4 Å². The van der Waals surface area contributed by atoms with Crippen molar-refractivity contribution in [2.24, 2.45) is 0 Å². The van der Waals surface area contributed by atoms with E-state index in [9.17, 15) is 8.78 Å². The van der Waals surface area contributed by atoms with Gasteiger partial charge in [0.1, 0.15) is 11.6 Å². The molecule has 1 N–H and O–H groups in total. The van der Waals surface area contributed by atoms with Crippen LogP contribution in [0.2, 0.25) is 0 Å². The summed E-state index contributed by atoms with van der Waals surface area (Å²) in [5, 5.41) is 3.07. The summed E-state index contributed by atoms with van der Waals surface area (Å²) in [6.45, 7) is 0.834. The molecule has 17 heavy (non-hydrogen) atoms. The zero-order chi connectivity index (χ0) is 12.3. The number of halogens is 2. The number of methoxy groups -OCH3 is 1. The van der Waals surface area contributed by atoms with E-state index < -0.39 is 11.6 Å². The molecule has 0 aromatic heterocycles. The van der Waals surface area contributed by atoms with Gasteiger partial charge in [0.2, 0.25) is 0 Å². The molecule has 0 atom stereocenters. The van der Waals surface area contributed by atoms with E-state index in [0.717, 1.165) is 19.3 Å². The van der Waals surface area contributed by atoms with Crippen LogP contribution >= 0.6 is 0 Å². The minimum Gasteiger partial charge on any atom is -0.377 e. The molecule has 2 nitrogen and oxygen atoms in total. The predicted molar refractivity (Wildman–Crippen MR) is 61.7 cm³/mol. The molecular weight excluding hydrogens is 224 g/mol. The second-order valence-electron chi connectivity index (χ2n) is 4.54. The topological polar surface area (TPSA) is 21.3 Å². The van der Waals surface area contributed by atoms with Crippen molar-refractivity contribution < 1.29 is 13.5 Å². The van der Waals surface area contributed by atoms with Crippen LogP contribution in [0.1, 0.15) is 24.8 Å². The lowest BCUT2D eigenvalue weighted by atomic mass is 9.80. The smallest absolute Gasteiger partial charge is 0.130 e. The number of benzene rings is 1. The summed E-state index contributed by atoms with van der Waals surface area (Å²) in [5.41, 5.74) is -0.0278. The molecule has 1 fully saturated rings. The van der Waals surface area contributed by atoms with Crippen molar-refractivity contribution in [1.29, 1.82) is 0 Å². The fraction of sp³-hybridized carbons (Fsp3) is 0.538. The molecule has 0 amide bonds. The molecule has 0 heterocycles. The van der Waals surface area contributed by atoms with Crippen LogP contribution in [-0.2, 0) is 11.3 Å². The lowest BCUT2D eigenvalue weighted by molar-refractivity contribution is -0.0696. The molecule has 0 spiro atoms. The maximum Gasteiger partial charge on any atom is 0.130 e. The Hall–Kier alpha value is -1.00. The first kappa shape index (κ1) is 12.5. The number of hydrogen-bond acceptors (Lipinski definition) is 2. The largest absolute Gasteiger partial charge is 0.377 e. The van der Waals surface area contributed by atoms with E-state index in [-0.39, 0.29) is 17.7 Å². The molecule has 2 rings (SSSR count). The molecule has 0 bridgehead atoms. The zero-order valence-corrected chi connectivity index (χ0v) is 9.93. The second-order valence-corrected chi connectivity index (χ2v) is 4.54. The highest BCUT2D eigenvalue weighted by Crippen LogP contribution is 2.34. The number of rotatable bonds is 5. The Morgan fingerprint density at radius 2 is 1.94 bits per heavy atom. The van der Waals surface area contributed by atoms with Crippen molar-refractivity contribution in [3.8, 4) is 0 Å². The molecular formula is C13H17F2NO. The third-order valence-electron chi connectivity index (χ3n) is 3.51. The summed E-state index contributed by atoms with van der Waals surface area (Å²) in [4.78, 5) is 0. The van der Waals surface area contributed by atoms with E-state index >= 15 is 0 Å². The second kappa shape index (κ2) is 5.10. The van der Waals surface area contributed by atoms with Crippen LogP contribution in [0.3, 0.4) is 0 Å². The average molecular weight is 241 g/mol. The van der Waals surface area contributed by atoms with Gasteiger partial charge in [-0.15, -0.1) is 0 Å². The van der Waals surface area contributed by atoms with E-state index in [1.54, 1.807) is 7.11 Å². The minimum absolute atomic E-state index is 0.0954. The molecule has 4 heteroatoms. The van der Waals surface area contributed by atoms with Crippen molar-refractivity contribution in [2.45, 2.75) is 31.4 Å². The molecule has 0 unspecified atom stereocenters. The Morgan fingerprint density at radius 1 is 1.29 bits per heavy atom. The fourth-order valence-corrected chi connectivity index (χ4v) is 2.14. The van der Waals surface area contributed by atoms with Gasteiger partial charge in [0.15, 0.2) is 0 Å². The highest BCUT2D eigenvalue weighted by Gasteiger charge is 2.36. The highest BCUT2D eigenvalue weighted by molar-refractivity contribution is 5.19. The van der Waals surface area contributed by atoms with E-state index in [1.807, 2.05) is 0 Å². The predicted octanol–water partition coefficient (Wildman–Crippen LogP) is 2.62. The summed E-state index contributed by atoms with van der Waals surface area (Å²) < 4.78 is 32.1. The number of nitrogens with one attached hydrogen (secondary N) is 1. The van der Waals surface area contributed by atoms with Gasteiger partial charge >= 0.3 is 0 Å². The third-order valence-corrected chi connectivity index (χ3v) is 3.51. The van der Waals surface area contributed by atoms with Gasteiger partial charge in [-0.3, -0.25) is 0 Å². The molecule has 1 aliphatic carbocycles. The van der Waals surface area contributed by atoms with Crippen molar-refractivity contribution in [3.63, 3.8) is 0 Å². The first-order chi connectivity index (χ1) is 8.17. The van der Waals surface area contributed by atoms with Gasteiger partial charge in [-0.2, -0.15) is 0 Å². The van der Waals surface area contributed by atoms with E-state index in [4.69, 9.17) is 4.74 Å². The van der Waals surface area contributed by atoms with Crippen LogP contribution in [-0.4, -0.2) is 19.3 Å². The van der Waals surface area contributed by atoms with Crippen molar-refractivity contribution in [3.05, 3.63) is 35.4 Å². The van der Waals surface area contributed by atoms with E-state index in [1.165, 1.54) is 18.2 Å². The van der Waals surface area contributed by atoms with Crippen LogP contribution < -0.4 is 5.32 Å². The van der Waals surface area contributed by atoms with Gasteiger partial charge in [-0.25, -0.2) is 8.78 Å². The summed E-state index contributed by atoms with van der Waals surface area (Å²) >= 11 is 0. The Bertz CT molecular complexity index is 365. The van der Waals surface area contributed by atoms with Gasteiger partial charge < -0.3 is 10.1 Å². The standard InChI is InChI=1S/C13H17F2NO/c1-17-13(6-3-7-13)9-16-8-10-11(14)4-2-5-12(10)15/h2,4-5,16H,3,6-9H2,1H3. The molecule has 1 aromatic carbocycles. The molecule has 0 radical (unpaired) electrons. The Kier molecular flexibility index (Phi) is 3.74. The first-order valence-corrected chi connectivity index (χ1v) is 5.86. The summed E-state index contributed by atoms with van der Waals surface area (Å²) in [6, 6.07) is 3.92. The lowest BCUT2D eigenvalue weighted by Crippen LogP contribution is -2.47. The zero-order valence-electron chi connectivity index (χ0n) is 9.93. The summed E-state index contributed by atoms with van der Waals surface area (Å²) in [7, 11) is 1.69. The summed E-state index contributed by atoms with van der Waals surface area (Å²) in [5.74, 6) is -1.00. The Labute approximate surface area is 100.0 Å². The van der Waals surface area contributed by atoms with Crippen molar-refractivity contribution >= 4 is 0 Å². The maximum atomic E-state index is 13.3. The first-order valence-electron chi connectivity index (χ1n) is 5.86. The van der Waals surface area contributed by atoms with E-state index in [0.29, 0.717) is 6.54 Å². The molecule has 1 saturated carbocycles. The number of ether oxygens (including phenoxy) is 1. The van der Waals surface area contributed by atoms with Crippen molar-refractivity contribution in [2.75, 3.05) is 13.7 Å². The Balaban J connectivity index is 1.90. The molecule has 0 saturated heterocycles. The lowest BCUT2D eigenvalue weighted by Gasteiger charge is -2.40. The van der Waals surface area contributed by atoms with Crippen LogP contribution in [0.5, 0.6) is 0 Å². The van der Waals surface area contributed by atoms with Gasteiger partial charge in [0.25, 0.3) is 0 Å². The van der Waals surface area contributed by atoms with Gasteiger partial charge in [0, 0.05) is 25.8 Å². The summed E-state index contributed by atoms with van der Waals surface area (Å²) in [6.07, 6.45) is 3.18. The quantitative estimate of drug-likeness (QED) is 0.855. The normalized spacial score (nSPS) is 17.8. The third kappa shape index (κ3) is 2.64. The average Bonchev–Trinajstić information content (AvgIpc) is 2.26. The SMILES string of the molecule is COC1(CNCc2c(F)cccc2F)CCC1. The minimum atomic E-state index is -0.502. The number of hydrogen-bond donors (Lipinski definition) is 1. The van der Waals surface area contributed by atoms with E-state index in [2.05, 4.69) is 5.32 Å². The maximum absolute atomic E-state index is 13.3. The molecule has 94 valence electrons. The Morgan fingerprint density at radius 3 is 2.41 bits per heavy atom. The fourth-order valence-electron chi connectivity index (χ4n) is 2.14. The van der Waals surface area contributed by atoms with Crippen LogP contribution in [0.4, 0.5) is 8.78 Å². The van der Waals surface area contributed by atoms with Gasteiger partial charge in [0.05, 0.1) is 5.60 Å². The molecule has 1 aliphatic rings. The van der Waals surface area contributed by atoms with Crippen LogP contribution in [0.25, 0.3) is 0 Å². The van der Waals surface area contributed by atoms with Gasteiger partial charge in [-0.1, -0.05) is 6.07 Å². The van der Waals surface area contributed by atoms with Crippen LogP contribution in [0.15, 0.2) is 18.2 Å². The van der Waals surface area contributed by atoms with Crippen LogP contribution in [0, 0.1) is 11.6 Å².